The standard InChI is InChI=1S/C31H35F3N2S/c1-20-21(2)30(37-29(20)19-35)27-13-10-25(18-28(27)24-8-11-26(32)12-9-24)23-6-4-22(5-7-23)14-15-31(33,34)16-17-36-3/h4-13,18,21,30,36H,14-17,19,35H2,1-3H3. The van der Waals surface area contributed by atoms with Gasteiger partial charge in [-0.25, -0.2) is 13.2 Å². The van der Waals surface area contributed by atoms with E-state index in [0.717, 1.165) is 27.8 Å². The van der Waals surface area contributed by atoms with Gasteiger partial charge in [0.1, 0.15) is 5.82 Å². The third-order valence-corrected chi connectivity index (χ3v) is 9.04. The lowest BCUT2D eigenvalue weighted by atomic mass is 9.87. The second-order valence-electron chi connectivity index (χ2n) is 9.85. The van der Waals surface area contributed by atoms with Gasteiger partial charge in [-0.3, -0.25) is 0 Å². The topological polar surface area (TPSA) is 38.0 Å². The maximum atomic E-state index is 14.1. The van der Waals surface area contributed by atoms with E-state index in [0.29, 0.717) is 25.4 Å². The van der Waals surface area contributed by atoms with Gasteiger partial charge < -0.3 is 11.1 Å². The molecule has 196 valence electrons. The van der Waals surface area contributed by atoms with Gasteiger partial charge in [-0.15, -0.1) is 11.8 Å². The summed E-state index contributed by atoms with van der Waals surface area (Å²) in [4.78, 5) is 1.23. The van der Waals surface area contributed by atoms with Gasteiger partial charge in [-0.1, -0.05) is 61.0 Å². The summed E-state index contributed by atoms with van der Waals surface area (Å²) in [7, 11) is 1.69. The quantitative estimate of drug-likeness (QED) is 0.282. The number of allylic oxidation sites excluding steroid dienone is 1. The van der Waals surface area contributed by atoms with Crippen LogP contribution >= 0.6 is 11.8 Å². The van der Waals surface area contributed by atoms with Crippen LogP contribution in [0.1, 0.15) is 43.1 Å². The fraction of sp³-hybridized carbons (Fsp3) is 0.355. The minimum Gasteiger partial charge on any atom is -0.326 e. The molecule has 3 aromatic rings. The van der Waals surface area contributed by atoms with Crippen molar-refractivity contribution in [1.82, 2.24) is 5.32 Å². The van der Waals surface area contributed by atoms with Crippen LogP contribution in [-0.4, -0.2) is 26.1 Å². The van der Waals surface area contributed by atoms with Crippen LogP contribution in [0, 0.1) is 11.7 Å². The van der Waals surface area contributed by atoms with Crippen molar-refractivity contribution in [3.05, 3.63) is 94.2 Å². The lowest BCUT2D eigenvalue weighted by molar-refractivity contribution is -0.0148. The average Bonchev–Trinajstić information content (AvgIpc) is 3.20. The van der Waals surface area contributed by atoms with Crippen LogP contribution in [0.3, 0.4) is 0 Å². The van der Waals surface area contributed by atoms with E-state index in [9.17, 15) is 13.2 Å². The highest BCUT2D eigenvalue weighted by Gasteiger charge is 2.32. The Bertz CT molecular complexity index is 1240. The molecule has 0 radical (unpaired) electrons. The molecule has 0 saturated heterocycles. The number of hydrogen-bond acceptors (Lipinski definition) is 3. The van der Waals surface area contributed by atoms with Crippen molar-refractivity contribution in [1.29, 1.82) is 0 Å². The van der Waals surface area contributed by atoms with E-state index in [-0.39, 0.29) is 23.9 Å². The molecule has 37 heavy (non-hydrogen) atoms. The van der Waals surface area contributed by atoms with Crippen molar-refractivity contribution in [3.63, 3.8) is 0 Å². The van der Waals surface area contributed by atoms with Crippen LogP contribution in [-0.2, 0) is 6.42 Å². The van der Waals surface area contributed by atoms with Crippen molar-refractivity contribution in [3.8, 4) is 22.3 Å². The van der Waals surface area contributed by atoms with Gasteiger partial charge in [0, 0.05) is 31.2 Å². The van der Waals surface area contributed by atoms with Crippen LogP contribution < -0.4 is 11.1 Å². The molecule has 0 amide bonds. The number of nitrogens with one attached hydrogen (secondary N) is 1. The SMILES string of the molecule is CNCCC(F)(F)CCc1ccc(-c2ccc(C3SC(CN)=C(C)C3C)c(-c3ccc(F)cc3)c2)cc1. The average molecular weight is 525 g/mol. The summed E-state index contributed by atoms with van der Waals surface area (Å²) < 4.78 is 41.8. The normalized spacial score (nSPS) is 18.0. The van der Waals surface area contributed by atoms with Crippen LogP contribution in [0.25, 0.3) is 22.3 Å². The molecule has 3 aromatic carbocycles. The van der Waals surface area contributed by atoms with E-state index < -0.39 is 5.92 Å². The number of hydrogen-bond donors (Lipinski definition) is 2. The predicted octanol–water partition coefficient (Wildman–Crippen LogP) is 7.99. The van der Waals surface area contributed by atoms with Crippen molar-refractivity contribution < 1.29 is 13.2 Å². The molecule has 0 spiro atoms. The number of aryl methyl sites for hydroxylation is 1. The molecular formula is C31H35F3N2S. The van der Waals surface area contributed by atoms with Gasteiger partial charge in [0.15, 0.2) is 0 Å². The van der Waals surface area contributed by atoms with E-state index in [1.54, 1.807) is 7.05 Å². The van der Waals surface area contributed by atoms with Gasteiger partial charge in [0.2, 0.25) is 5.92 Å². The van der Waals surface area contributed by atoms with E-state index >= 15 is 0 Å². The van der Waals surface area contributed by atoms with Crippen molar-refractivity contribution in [2.75, 3.05) is 20.1 Å². The second kappa shape index (κ2) is 11.9. The lowest BCUT2D eigenvalue weighted by Gasteiger charge is -2.22. The fourth-order valence-corrected chi connectivity index (χ4v) is 6.37. The number of nitrogens with two attached hydrogens (primary N) is 1. The molecule has 0 saturated carbocycles. The van der Waals surface area contributed by atoms with E-state index in [2.05, 4.69) is 37.4 Å². The predicted molar refractivity (Wildman–Crippen MR) is 150 cm³/mol. The molecule has 2 atom stereocenters. The summed E-state index contributed by atoms with van der Waals surface area (Å²) in [5.41, 5.74) is 13.5. The van der Waals surface area contributed by atoms with Gasteiger partial charge in [0.05, 0.1) is 0 Å². The van der Waals surface area contributed by atoms with Crippen LogP contribution in [0.5, 0.6) is 0 Å². The molecule has 0 bridgehead atoms. The summed E-state index contributed by atoms with van der Waals surface area (Å²) >= 11 is 1.82. The lowest BCUT2D eigenvalue weighted by Crippen LogP contribution is -2.23. The third-order valence-electron chi connectivity index (χ3n) is 7.35. The van der Waals surface area contributed by atoms with Gasteiger partial charge in [0.25, 0.3) is 0 Å². The molecule has 4 rings (SSSR count). The highest BCUT2D eigenvalue weighted by molar-refractivity contribution is 8.03. The zero-order valence-electron chi connectivity index (χ0n) is 21.7. The molecule has 0 fully saturated rings. The molecule has 2 unspecified atom stereocenters. The molecule has 1 heterocycles. The zero-order chi connectivity index (χ0) is 26.6. The van der Waals surface area contributed by atoms with Gasteiger partial charge >= 0.3 is 0 Å². The summed E-state index contributed by atoms with van der Waals surface area (Å²) in [6.45, 7) is 5.23. The molecule has 1 aliphatic rings. The maximum Gasteiger partial charge on any atom is 0.249 e. The number of benzene rings is 3. The van der Waals surface area contributed by atoms with Crippen molar-refractivity contribution >= 4 is 11.8 Å². The Hall–Kier alpha value is -2.54. The second-order valence-corrected chi connectivity index (χ2v) is 11.1. The number of alkyl halides is 2. The van der Waals surface area contributed by atoms with E-state index in [1.807, 2.05) is 48.2 Å². The molecule has 1 aliphatic heterocycles. The van der Waals surface area contributed by atoms with Gasteiger partial charge in [-0.2, -0.15) is 0 Å². The molecule has 2 nitrogen and oxygen atoms in total. The molecule has 6 heteroatoms. The Kier molecular flexibility index (Phi) is 8.83. The first kappa shape index (κ1) is 27.5. The minimum absolute atomic E-state index is 0.153. The maximum absolute atomic E-state index is 14.1. The first-order valence-corrected chi connectivity index (χ1v) is 13.7. The smallest absolute Gasteiger partial charge is 0.249 e. The molecule has 0 aromatic heterocycles. The van der Waals surface area contributed by atoms with Gasteiger partial charge in [-0.05, 0) is 82.8 Å². The van der Waals surface area contributed by atoms with E-state index in [1.165, 1.54) is 28.2 Å². The summed E-state index contributed by atoms with van der Waals surface area (Å²) in [6.07, 6.45) is 0.0239. The first-order chi connectivity index (χ1) is 17.7. The fourth-order valence-electron chi connectivity index (χ4n) is 4.86. The number of rotatable bonds is 10. The minimum atomic E-state index is -2.67. The Morgan fingerprint density at radius 3 is 2.19 bits per heavy atom. The Morgan fingerprint density at radius 2 is 1.57 bits per heavy atom. The first-order valence-electron chi connectivity index (χ1n) is 12.8. The van der Waals surface area contributed by atoms with Crippen molar-refractivity contribution in [2.45, 2.75) is 44.3 Å². The van der Waals surface area contributed by atoms with Crippen LogP contribution in [0.2, 0.25) is 0 Å². The largest absolute Gasteiger partial charge is 0.326 e. The summed E-state index contributed by atoms with van der Waals surface area (Å²) in [5.74, 6) is -2.59. The monoisotopic (exact) mass is 524 g/mol. The number of thioether (sulfide) groups is 1. The summed E-state index contributed by atoms with van der Waals surface area (Å²) in [6, 6.07) is 20.9. The van der Waals surface area contributed by atoms with Crippen LogP contribution in [0.15, 0.2) is 77.2 Å². The number of halogens is 3. The molecular weight excluding hydrogens is 489 g/mol. The Balaban J connectivity index is 1.61. The highest BCUT2D eigenvalue weighted by atomic mass is 32.2. The van der Waals surface area contributed by atoms with Crippen LogP contribution in [0.4, 0.5) is 13.2 Å². The summed E-state index contributed by atoms with van der Waals surface area (Å²) in [5, 5.41) is 3.03. The van der Waals surface area contributed by atoms with Crippen molar-refractivity contribution in [2.24, 2.45) is 11.7 Å². The Labute approximate surface area is 222 Å². The Morgan fingerprint density at radius 1 is 0.919 bits per heavy atom. The third kappa shape index (κ3) is 6.49. The highest BCUT2D eigenvalue weighted by Crippen LogP contribution is 2.53. The zero-order valence-corrected chi connectivity index (χ0v) is 22.5. The molecule has 0 aliphatic carbocycles. The van der Waals surface area contributed by atoms with E-state index in [4.69, 9.17) is 5.73 Å². The molecule has 3 N–H and O–H groups in total.